The summed E-state index contributed by atoms with van der Waals surface area (Å²) >= 11 is 0. The Hall–Kier alpha value is -1.35. The van der Waals surface area contributed by atoms with Gasteiger partial charge < -0.3 is 4.74 Å². The number of rotatable bonds is 4. The van der Waals surface area contributed by atoms with Gasteiger partial charge >= 0.3 is 5.97 Å². The molecule has 2 nitrogen and oxygen atoms in total. The molecule has 3 heteroatoms. The lowest BCUT2D eigenvalue weighted by molar-refractivity contribution is -0.130. The summed E-state index contributed by atoms with van der Waals surface area (Å²) in [7, 11) is -1.36. The molecule has 0 atom stereocenters. The number of carbonyl (C=O) groups is 1. The molecule has 1 aromatic rings. The van der Waals surface area contributed by atoms with Crippen molar-refractivity contribution in [3.8, 4) is 5.75 Å². The van der Waals surface area contributed by atoms with Gasteiger partial charge in [-0.05, 0) is 18.6 Å². The highest BCUT2D eigenvalue weighted by atomic mass is 28.3. The Morgan fingerprint density at radius 1 is 1.35 bits per heavy atom. The fourth-order valence-corrected chi connectivity index (χ4v) is 2.52. The molecule has 0 spiro atoms. The number of hydrogen-bond donors (Lipinski definition) is 0. The summed E-state index contributed by atoms with van der Waals surface area (Å²) in [6.45, 7) is 12.4. The van der Waals surface area contributed by atoms with E-state index < -0.39 is 8.07 Å². The van der Waals surface area contributed by atoms with E-state index in [1.807, 2.05) is 25.1 Å². The predicted molar refractivity (Wildman–Crippen MR) is 74.5 cm³/mol. The van der Waals surface area contributed by atoms with Crippen molar-refractivity contribution in [3.63, 3.8) is 0 Å². The fourth-order valence-electron chi connectivity index (χ4n) is 1.35. The van der Waals surface area contributed by atoms with E-state index in [9.17, 15) is 4.79 Å². The first kappa shape index (κ1) is 13.7. The SMILES string of the molecule is C=C(CC)C(=O)Oc1cccc([Si](C)(C)C)c1. The van der Waals surface area contributed by atoms with Crippen LogP contribution in [0.1, 0.15) is 13.3 Å². The molecule has 0 saturated heterocycles. The highest BCUT2D eigenvalue weighted by molar-refractivity contribution is 6.88. The molecule has 1 rings (SSSR count). The maximum atomic E-state index is 11.6. The molecule has 0 radical (unpaired) electrons. The van der Waals surface area contributed by atoms with Crippen LogP contribution in [0.25, 0.3) is 0 Å². The van der Waals surface area contributed by atoms with Crippen LogP contribution in [0.5, 0.6) is 5.75 Å². The first-order valence-corrected chi connectivity index (χ1v) is 9.35. The number of benzene rings is 1. The van der Waals surface area contributed by atoms with Crippen molar-refractivity contribution in [2.75, 3.05) is 0 Å². The summed E-state index contributed by atoms with van der Waals surface area (Å²) in [5, 5.41) is 1.28. The first-order valence-electron chi connectivity index (χ1n) is 5.85. The van der Waals surface area contributed by atoms with Gasteiger partial charge in [0.15, 0.2) is 0 Å². The molecule has 17 heavy (non-hydrogen) atoms. The molecule has 0 fully saturated rings. The van der Waals surface area contributed by atoms with Crippen LogP contribution in [0, 0.1) is 0 Å². The molecule has 0 aliphatic heterocycles. The van der Waals surface area contributed by atoms with Crippen LogP contribution in [-0.4, -0.2) is 14.0 Å². The van der Waals surface area contributed by atoms with E-state index in [1.165, 1.54) is 5.19 Å². The quantitative estimate of drug-likeness (QED) is 0.354. The number of hydrogen-bond acceptors (Lipinski definition) is 2. The van der Waals surface area contributed by atoms with Gasteiger partial charge in [0, 0.05) is 5.57 Å². The van der Waals surface area contributed by atoms with E-state index in [1.54, 1.807) is 0 Å². The molecule has 1 aromatic carbocycles. The van der Waals surface area contributed by atoms with Gasteiger partial charge in [-0.25, -0.2) is 4.79 Å². The van der Waals surface area contributed by atoms with Gasteiger partial charge in [0.05, 0.1) is 8.07 Å². The lowest BCUT2D eigenvalue weighted by Crippen LogP contribution is -2.37. The second kappa shape index (κ2) is 5.32. The molecule has 0 amide bonds. The third kappa shape index (κ3) is 3.86. The van der Waals surface area contributed by atoms with Crippen LogP contribution in [0.2, 0.25) is 19.6 Å². The van der Waals surface area contributed by atoms with Crippen molar-refractivity contribution >= 4 is 19.2 Å². The van der Waals surface area contributed by atoms with Crippen LogP contribution in [0.3, 0.4) is 0 Å². The van der Waals surface area contributed by atoms with Gasteiger partial charge in [0.1, 0.15) is 5.75 Å². The summed E-state index contributed by atoms with van der Waals surface area (Å²) in [4.78, 5) is 11.6. The second-order valence-electron chi connectivity index (χ2n) is 5.12. The van der Waals surface area contributed by atoms with E-state index in [2.05, 4.69) is 32.3 Å². The van der Waals surface area contributed by atoms with Crippen molar-refractivity contribution in [2.24, 2.45) is 0 Å². The maximum absolute atomic E-state index is 11.6. The topological polar surface area (TPSA) is 26.3 Å². The van der Waals surface area contributed by atoms with Crippen LogP contribution in [0.4, 0.5) is 0 Å². The minimum absolute atomic E-state index is 0.333. The molecular weight excluding hydrogens is 228 g/mol. The minimum atomic E-state index is -1.36. The lowest BCUT2D eigenvalue weighted by Gasteiger charge is -2.17. The van der Waals surface area contributed by atoms with Gasteiger partial charge in [-0.15, -0.1) is 0 Å². The summed E-state index contributed by atoms with van der Waals surface area (Å²) in [6.07, 6.45) is 0.618. The van der Waals surface area contributed by atoms with Crippen molar-refractivity contribution in [1.82, 2.24) is 0 Å². The summed E-state index contributed by atoms with van der Waals surface area (Å²) in [5.74, 6) is 0.282. The standard InChI is InChI=1S/C14H20O2Si/c1-6-11(2)14(15)16-12-8-7-9-13(10-12)17(3,4)5/h7-10H,2,6H2,1,3-5H3. The fraction of sp³-hybridized carbons (Fsp3) is 0.357. The van der Waals surface area contributed by atoms with Gasteiger partial charge in [-0.3, -0.25) is 0 Å². The Bertz CT molecular complexity index is 430. The monoisotopic (exact) mass is 248 g/mol. The number of carbonyl (C=O) groups excluding carboxylic acids is 1. The summed E-state index contributed by atoms with van der Waals surface area (Å²) < 4.78 is 5.29. The summed E-state index contributed by atoms with van der Waals surface area (Å²) in [5.41, 5.74) is 0.503. The summed E-state index contributed by atoms with van der Waals surface area (Å²) in [6, 6.07) is 7.81. The molecule has 0 aromatic heterocycles. The van der Waals surface area contributed by atoms with Crippen molar-refractivity contribution in [1.29, 1.82) is 0 Å². The Kier molecular flexibility index (Phi) is 4.29. The average Bonchev–Trinajstić information content (AvgIpc) is 2.27. The zero-order valence-corrected chi connectivity index (χ0v) is 12.0. The van der Waals surface area contributed by atoms with Gasteiger partial charge in [-0.2, -0.15) is 0 Å². The van der Waals surface area contributed by atoms with Crippen molar-refractivity contribution < 1.29 is 9.53 Å². The van der Waals surface area contributed by atoms with Crippen LogP contribution in [-0.2, 0) is 4.79 Å². The Morgan fingerprint density at radius 2 is 2.00 bits per heavy atom. The molecule has 0 aliphatic carbocycles. The van der Waals surface area contributed by atoms with E-state index in [0.717, 1.165) is 0 Å². The van der Waals surface area contributed by atoms with E-state index in [-0.39, 0.29) is 5.97 Å². The third-order valence-electron chi connectivity index (χ3n) is 2.63. The molecule has 0 bridgehead atoms. The molecule has 0 heterocycles. The van der Waals surface area contributed by atoms with Crippen molar-refractivity contribution in [3.05, 3.63) is 36.4 Å². The van der Waals surface area contributed by atoms with Crippen LogP contribution < -0.4 is 9.92 Å². The average molecular weight is 248 g/mol. The molecule has 0 N–H and O–H groups in total. The smallest absolute Gasteiger partial charge is 0.338 e. The van der Waals surface area contributed by atoms with E-state index in [4.69, 9.17) is 4.74 Å². The van der Waals surface area contributed by atoms with E-state index in [0.29, 0.717) is 17.7 Å². The highest BCUT2D eigenvalue weighted by Crippen LogP contribution is 2.13. The maximum Gasteiger partial charge on any atom is 0.338 e. The van der Waals surface area contributed by atoms with Crippen molar-refractivity contribution in [2.45, 2.75) is 33.0 Å². The first-order chi connectivity index (χ1) is 7.84. The largest absolute Gasteiger partial charge is 0.423 e. The zero-order valence-electron chi connectivity index (χ0n) is 11.0. The molecular formula is C14H20O2Si. The van der Waals surface area contributed by atoms with E-state index >= 15 is 0 Å². The molecule has 92 valence electrons. The third-order valence-corrected chi connectivity index (χ3v) is 4.67. The van der Waals surface area contributed by atoms with Gasteiger partial charge in [-0.1, -0.05) is 50.5 Å². The zero-order chi connectivity index (χ0) is 13.1. The number of ether oxygens (including phenoxy) is 1. The molecule has 0 aliphatic rings. The van der Waals surface area contributed by atoms with Gasteiger partial charge in [0.2, 0.25) is 0 Å². The van der Waals surface area contributed by atoms with Crippen LogP contribution >= 0.6 is 0 Å². The number of esters is 1. The Labute approximate surface area is 104 Å². The Balaban J connectivity index is 2.87. The minimum Gasteiger partial charge on any atom is -0.423 e. The van der Waals surface area contributed by atoms with Gasteiger partial charge in [0.25, 0.3) is 0 Å². The normalized spacial score (nSPS) is 11.1. The molecule has 0 unspecified atom stereocenters. The second-order valence-corrected chi connectivity index (χ2v) is 10.2. The lowest BCUT2D eigenvalue weighted by atomic mass is 10.2. The predicted octanol–water partition coefficient (Wildman–Crippen LogP) is 3.10. The molecule has 0 saturated carbocycles. The van der Waals surface area contributed by atoms with Crippen LogP contribution in [0.15, 0.2) is 36.4 Å². The highest BCUT2D eigenvalue weighted by Gasteiger charge is 2.17. The Morgan fingerprint density at radius 3 is 2.53 bits per heavy atom.